The second-order valence-corrected chi connectivity index (χ2v) is 10.4. The molecule has 0 aromatic heterocycles. The fraction of sp³-hybridized carbons (Fsp3) is 1.00. The van der Waals surface area contributed by atoms with E-state index in [-0.39, 0.29) is 0 Å². The first-order valence-electron chi connectivity index (χ1n) is 14.4. The van der Waals surface area contributed by atoms with Crippen LogP contribution < -0.4 is 0 Å². The van der Waals surface area contributed by atoms with Gasteiger partial charge in [0.15, 0.2) is 0 Å². The van der Waals surface area contributed by atoms with Crippen molar-refractivity contribution in [2.24, 2.45) is 5.92 Å². The molecule has 30 heavy (non-hydrogen) atoms. The van der Waals surface area contributed by atoms with E-state index in [2.05, 4.69) is 32.6 Å². The van der Waals surface area contributed by atoms with E-state index in [0.29, 0.717) is 0 Å². The largest absolute Gasteiger partial charge is 0.303 e. The molecule has 0 saturated carbocycles. The lowest BCUT2D eigenvalue weighted by molar-refractivity contribution is 0.254. The molecule has 0 rings (SSSR count). The van der Waals surface area contributed by atoms with Crippen LogP contribution in [0.15, 0.2) is 0 Å². The van der Waals surface area contributed by atoms with Gasteiger partial charge in [-0.3, -0.25) is 0 Å². The quantitative estimate of drug-likeness (QED) is 0.132. The van der Waals surface area contributed by atoms with Gasteiger partial charge in [-0.25, -0.2) is 0 Å². The number of nitrogens with zero attached hydrogens (tertiary/aromatic N) is 1. The summed E-state index contributed by atoms with van der Waals surface area (Å²) in [6.07, 6.45) is 30.2. The second kappa shape index (κ2) is 25.2. The average Bonchev–Trinajstić information content (AvgIpc) is 2.73. The van der Waals surface area contributed by atoms with E-state index in [4.69, 9.17) is 0 Å². The van der Waals surface area contributed by atoms with E-state index in [1.807, 2.05) is 0 Å². The average molecular weight is 424 g/mol. The fourth-order valence-electron chi connectivity index (χ4n) is 4.52. The summed E-state index contributed by atoms with van der Waals surface area (Å²) in [4.78, 5) is 2.82. The second-order valence-electron chi connectivity index (χ2n) is 10.4. The smallest absolute Gasteiger partial charge is 0.00187 e. The van der Waals surface area contributed by atoms with Crippen LogP contribution in [0, 0.1) is 5.92 Å². The first kappa shape index (κ1) is 30.0. The molecule has 1 heteroatoms. The Morgan fingerprint density at radius 2 is 0.700 bits per heavy atom. The maximum absolute atomic E-state index is 2.82. The Morgan fingerprint density at radius 1 is 0.400 bits per heavy atom. The minimum Gasteiger partial charge on any atom is -0.303 e. The molecule has 0 radical (unpaired) electrons. The monoisotopic (exact) mass is 423 g/mol. The predicted octanol–water partition coefficient (Wildman–Crippen LogP) is 10.2. The molecule has 0 aromatic rings. The Balaban J connectivity index is 3.83. The van der Waals surface area contributed by atoms with Gasteiger partial charge in [0.2, 0.25) is 0 Å². The van der Waals surface area contributed by atoms with Crippen LogP contribution in [-0.2, 0) is 0 Å². The van der Waals surface area contributed by atoms with Gasteiger partial charge in [0, 0.05) is 0 Å². The van der Waals surface area contributed by atoms with E-state index in [1.165, 1.54) is 154 Å². The van der Waals surface area contributed by atoms with Gasteiger partial charge in [0.05, 0.1) is 0 Å². The Bertz CT molecular complexity index is 281. The Kier molecular flexibility index (Phi) is 25.2. The van der Waals surface area contributed by atoms with Gasteiger partial charge in [-0.2, -0.15) is 0 Å². The molecule has 0 saturated heterocycles. The van der Waals surface area contributed by atoms with Crippen molar-refractivity contribution in [1.29, 1.82) is 0 Å². The van der Waals surface area contributed by atoms with Crippen LogP contribution in [0.4, 0.5) is 0 Å². The summed E-state index contributed by atoms with van der Waals surface area (Å²) in [5.74, 6) is 0.886. The first-order chi connectivity index (χ1) is 14.7. The summed E-state index contributed by atoms with van der Waals surface area (Å²) in [5.41, 5.74) is 0. The van der Waals surface area contributed by atoms with Crippen LogP contribution in [0.25, 0.3) is 0 Å². The van der Waals surface area contributed by atoms with Crippen LogP contribution in [0.3, 0.4) is 0 Å². The van der Waals surface area contributed by atoms with Crippen molar-refractivity contribution in [3.63, 3.8) is 0 Å². The molecule has 0 aliphatic carbocycles. The maximum Gasteiger partial charge on any atom is -0.00187 e. The zero-order valence-corrected chi connectivity index (χ0v) is 22.0. The van der Waals surface area contributed by atoms with Gasteiger partial charge in [0.1, 0.15) is 0 Å². The molecule has 0 aromatic carbocycles. The fourth-order valence-corrected chi connectivity index (χ4v) is 4.52. The molecule has 0 fully saturated rings. The van der Waals surface area contributed by atoms with E-state index in [9.17, 15) is 0 Å². The van der Waals surface area contributed by atoms with Gasteiger partial charge >= 0.3 is 0 Å². The summed E-state index contributed by atoms with van der Waals surface area (Å²) in [6.45, 7) is 13.4. The standard InChI is InChI=1S/C29H61N/c1-5-7-9-11-14-18-22-26-30(27-23-19-15-12-10-8-6-2)28-24-20-16-13-17-21-25-29(3)4/h29H,5-28H2,1-4H3. The highest BCUT2D eigenvalue weighted by atomic mass is 15.1. The van der Waals surface area contributed by atoms with Crippen LogP contribution in [0.1, 0.15) is 163 Å². The molecular weight excluding hydrogens is 362 g/mol. The third-order valence-electron chi connectivity index (χ3n) is 6.66. The maximum atomic E-state index is 2.82. The molecule has 0 bridgehead atoms. The van der Waals surface area contributed by atoms with Gasteiger partial charge in [0.25, 0.3) is 0 Å². The zero-order chi connectivity index (χ0) is 22.1. The molecule has 0 unspecified atom stereocenters. The Hall–Kier alpha value is -0.0400. The molecule has 0 spiro atoms. The van der Waals surface area contributed by atoms with E-state index < -0.39 is 0 Å². The highest BCUT2D eigenvalue weighted by molar-refractivity contribution is 4.60. The van der Waals surface area contributed by atoms with E-state index >= 15 is 0 Å². The third kappa shape index (κ3) is 24.2. The van der Waals surface area contributed by atoms with Gasteiger partial charge < -0.3 is 4.90 Å². The van der Waals surface area contributed by atoms with Crippen LogP contribution >= 0.6 is 0 Å². The third-order valence-corrected chi connectivity index (χ3v) is 6.66. The lowest BCUT2D eigenvalue weighted by Crippen LogP contribution is -2.27. The van der Waals surface area contributed by atoms with E-state index in [1.54, 1.807) is 0 Å². The number of hydrogen-bond acceptors (Lipinski definition) is 1. The number of rotatable bonds is 25. The van der Waals surface area contributed by atoms with Crippen molar-refractivity contribution in [3.8, 4) is 0 Å². The Morgan fingerprint density at radius 3 is 1.03 bits per heavy atom. The van der Waals surface area contributed by atoms with Crippen LogP contribution in [-0.4, -0.2) is 24.5 Å². The van der Waals surface area contributed by atoms with Gasteiger partial charge in [-0.1, -0.05) is 143 Å². The SMILES string of the molecule is CCCCCCCCCN(CCCCCCCCC)CCCCCCCCC(C)C. The molecule has 182 valence electrons. The van der Waals surface area contributed by atoms with Crippen molar-refractivity contribution in [3.05, 3.63) is 0 Å². The molecule has 1 nitrogen and oxygen atoms in total. The summed E-state index contributed by atoms with van der Waals surface area (Å²) in [5, 5.41) is 0. The molecule has 0 atom stereocenters. The van der Waals surface area contributed by atoms with Crippen molar-refractivity contribution >= 4 is 0 Å². The van der Waals surface area contributed by atoms with Crippen LogP contribution in [0.5, 0.6) is 0 Å². The van der Waals surface area contributed by atoms with Crippen molar-refractivity contribution in [2.45, 2.75) is 163 Å². The number of unbranched alkanes of at least 4 members (excludes halogenated alkanes) is 17. The summed E-state index contributed by atoms with van der Waals surface area (Å²) >= 11 is 0. The number of hydrogen-bond donors (Lipinski definition) is 0. The minimum absolute atomic E-state index is 0.886. The lowest BCUT2D eigenvalue weighted by Gasteiger charge is -2.22. The molecular formula is C29H61N. The Labute approximate surface area is 193 Å². The summed E-state index contributed by atoms with van der Waals surface area (Å²) < 4.78 is 0. The van der Waals surface area contributed by atoms with Crippen molar-refractivity contribution < 1.29 is 0 Å². The topological polar surface area (TPSA) is 3.24 Å². The molecule has 0 N–H and O–H groups in total. The summed E-state index contributed by atoms with van der Waals surface area (Å²) in [7, 11) is 0. The lowest BCUT2D eigenvalue weighted by atomic mass is 10.0. The van der Waals surface area contributed by atoms with E-state index in [0.717, 1.165) is 5.92 Å². The summed E-state index contributed by atoms with van der Waals surface area (Å²) in [6, 6.07) is 0. The predicted molar refractivity (Wildman–Crippen MR) is 140 cm³/mol. The first-order valence-corrected chi connectivity index (χ1v) is 14.4. The molecule has 0 heterocycles. The normalized spacial score (nSPS) is 11.8. The minimum atomic E-state index is 0.886. The van der Waals surface area contributed by atoms with Gasteiger partial charge in [-0.05, 0) is 44.8 Å². The van der Waals surface area contributed by atoms with Gasteiger partial charge in [-0.15, -0.1) is 0 Å². The van der Waals surface area contributed by atoms with Crippen molar-refractivity contribution in [1.82, 2.24) is 4.90 Å². The molecule has 0 amide bonds. The zero-order valence-electron chi connectivity index (χ0n) is 22.0. The molecule has 0 aliphatic rings. The highest BCUT2D eigenvalue weighted by Gasteiger charge is 2.05. The highest BCUT2D eigenvalue weighted by Crippen LogP contribution is 2.13. The van der Waals surface area contributed by atoms with Crippen LogP contribution in [0.2, 0.25) is 0 Å². The van der Waals surface area contributed by atoms with Crippen molar-refractivity contribution in [2.75, 3.05) is 19.6 Å². The molecule has 0 aliphatic heterocycles.